The number of methoxy groups -OCH3 is 1. The van der Waals surface area contributed by atoms with Gasteiger partial charge in [0.15, 0.2) is 11.5 Å². The zero-order valence-corrected chi connectivity index (χ0v) is 19.8. The third kappa shape index (κ3) is 5.47. The second kappa shape index (κ2) is 10.3. The predicted octanol–water partition coefficient (Wildman–Crippen LogP) is 6.61. The monoisotopic (exact) mass is 471 g/mol. The van der Waals surface area contributed by atoms with Crippen LogP contribution in [0.3, 0.4) is 0 Å². The van der Waals surface area contributed by atoms with Crippen LogP contribution >= 0.6 is 0 Å². The lowest BCUT2D eigenvalue weighted by Gasteiger charge is -2.12. The van der Waals surface area contributed by atoms with Crippen LogP contribution in [0.15, 0.2) is 114 Å². The Morgan fingerprint density at radius 3 is 1.97 bits per heavy atom. The van der Waals surface area contributed by atoms with Crippen molar-refractivity contribution in [2.45, 2.75) is 11.8 Å². The van der Waals surface area contributed by atoms with Crippen LogP contribution in [0.5, 0.6) is 11.5 Å². The van der Waals surface area contributed by atoms with E-state index in [0.717, 1.165) is 22.2 Å². The van der Waals surface area contributed by atoms with Crippen molar-refractivity contribution in [1.82, 2.24) is 4.98 Å². The highest BCUT2D eigenvalue weighted by Crippen LogP contribution is 2.35. The van der Waals surface area contributed by atoms with Crippen molar-refractivity contribution in [3.05, 3.63) is 115 Å². The summed E-state index contributed by atoms with van der Waals surface area (Å²) in [5.41, 5.74) is 4.13. The van der Waals surface area contributed by atoms with Gasteiger partial charge in [-0.05, 0) is 49.4 Å². The lowest BCUT2D eigenvalue weighted by Crippen LogP contribution is -2.10. The van der Waals surface area contributed by atoms with Gasteiger partial charge in [-0.15, -0.1) is 0 Å². The van der Waals surface area contributed by atoms with Crippen molar-refractivity contribution < 1.29 is 17.3 Å². The third-order valence-corrected chi connectivity index (χ3v) is 6.42. The van der Waals surface area contributed by atoms with E-state index in [4.69, 9.17) is 8.92 Å². The smallest absolute Gasteiger partial charge is 0.339 e. The van der Waals surface area contributed by atoms with Gasteiger partial charge < -0.3 is 13.9 Å². The Labute approximate surface area is 199 Å². The zero-order chi connectivity index (χ0) is 24.0. The van der Waals surface area contributed by atoms with Crippen LogP contribution in [0, 0.1) is 6.92 Å². The molecule has 5 nitrogen and oxygen atoms in total. The van der Waals surface area contributed by atoms with Crippen LogP contribution in [0.25, 0.3) is 22.2 Å². The van der Waals surface area contributed by atoms with Gasteiger partial charge in [-0.25, -0.2) is 0 Å². The number of benzene rings is 4. The lowest BCUT2D eigenvalue weighted by molar-refractivity contribution is 0.391. The van der Waals surface area contributed by atoms with Gasteiger partial charge in [0.2, 0.25) is 0 Å². The van der Waals surface area contributed by atoms with Crippen molar-refractivity contribution in [2.24, 2.45) is 0 Å². The highest BCUT2D eigenvalue weighted by molar-refractivity contribution is 7.87. The Morgan fingerprint density at radius 2 is 1.35 bits per heavy atom. The summed E-state index contributed by atoms with van der Waals surface area (Å²) in [6.45, 7) is 2.08. The van der Waals surface area contributed by atoms with E-state index in [-0.39, 0.29) is 10.6 Å². The molecule has 0 unspecified atom stereocenters. The van der Waals surface area contributed by atoms with Crippen molar-refractivity contribution in [1.29, 1.82) is 0 Å². The largest absolute Gasteiger partial charge is 0.493 e. The summed E-state index contributed by atoms with van der Waals surface area (Å²) < 4.78 is 35.6. The van der Waals surface area contributed by atoms with Crippen LogP contribution in [-0.4, -0.2) is 20.5 Å². The average Bonchev–Trinajstić information content (AvgIpc) is 3.30. The number of hydrogen-bond donors (Lipinski definition) is 1. The normalized spacial score (nSPS) is 10.9. The molecular weight excluding hydrogens is 446 g/mol. The number of para-hydroxylation sites is 1. The molecule has 5 aromatic rings. The van der Waals surface area contributed by atoms with E-state index in [1.807, 2.05) is 48.5 Å². The van der Waals surface area contributed by atoms with Crippen LogP contribution in [0.1, 0.15) is 5.56 Å². The summed E-state index contributed by atoms with van der Waals surface area (Å²) in [5, 5.41) is 1.10. The summed E-state index contributed by atoms with van der Waals surface area (Å²) >= 11 is 0. The molecular formula is C28H25NO4S. The minimum atomic E-state index is -3.93. The zero-order valence-electron chi connectivity index (χ0n) is 18.9. The lowest BCUT2D eigenvalue weighted by atomic mass is 10.1. The van der Waals surface area contributed by atoms with Gasteiger partial charge >= 0.3 is 10.1 Å². The fourth-order valence-corrected chi connectivity index (χ4v) is 4.38. The molecule has 1 heterocycles. The maximum Gasteiger partial charge on any atom is 0.339 e. The van der Waals surface area contributed by atoms with E-state index in [2.05, 4.69) is 24.0 Å². The Morgan fingerprint density at radius 1 is 0.706 bits per heavy atom. The van der Waals surface area contributed by atoms with Crippen LogP contribution < -0.4 is 8.92 Å². The molecule has 0 aliphatic rings. The van der Waals surface area contributed by atoms with E-state index in [1.165, 1.54) is 24.8 Å². The standard InChI is InChI=1S/C21H17NO4S.C7H8/c1-25-21-14-16(19-13-15-7-5-6-10-18(15)22-19)11-12-20(21)26-27(23,24)17-8-3-2-4-9-17;1-7-5-3-2-4-6-7/h2-14,22H,1H3;2-6H,1H3. The van der Waals surface area contributed by atoms with E-state index in [9.17, 15) is 8.42 Å². The number of ether oxygens (including phenoxy) is 1. The summed E-state index contributed by atoms with van der Waals surface area (Å²) in [7, 11) is -2.45. The van der Waals surface area contributed by atoms with Crippen LogP contribution in [0.4, 0.5) is 0 Å². The van der Waals surface area contributed by atoms with Gasteiger partial charge in [0.1, 0.15) is 4.90 Å². The molecule has 0 saturated carbocycles. The first-order valence-corrected chi connectivity index (χ1v) is 12.1. The highest BCUT2D eigenvalue weighted by Gasteiger charge is 2.19. The Hall–Kier alpha value is -4.03. The molecule has 172 valence electrons. The minimum absolute atomic E-state index is 0.0896. The topological polar surface area (TPSA) is 68.4 Å². The molecule has 0 spiro atoms. The second-order valence-corrected chi connectivity index (χ2v) is 9.19. The number of aryl methyl sites for hydroxylation is 1. The quantitative estimate of drug-likeness (QED) is 0.293. The number of fused-ring (bicyclic) bond motifs is 1. The molecule has 0 bridgehead atoms. The molecule has 0 amide bonds. The van der Waals surface area contributed by atoms with Gasteiger partial charge in [0.25, 0.3) is 0 Å². The molecule has 0 atom stereocenters. The van der Waals surface area contributed by atoms with Gasteiger partial charge in [0.05, 0.1) is 7.11 Å². The Balaban J connectivity index is 0.000000336. The molecule has 34 heavy (non-hydrogen) atoms. The first-order valence-electron chi connectivity index (χ1n) is 10.7. The molecule has 0 saturated heterocycles. The third-order valence-electron chi connectivity index (χ3n) is 5.18. The molecule has 0 fully saturated rings. The Bertz CT molecular complexity index is 1440. The van der Waals surface area contributed by atoms with Crippen molar-refractivity contribution in [2.75, 3.05) is 7.11 Å². The number of hydrogen-bond acceptors (Lipinski definition) is 4. The van der Waals surface area contributed by atoms with Crippen LogP contribution in [0.2, 0.25) is 0 Å². The first-order chi connectivity index (χ1) is 16.5. The molecule has 5 rings (SSSR count). The number of aromatic nitrogens is 1. The maximum absolute atomic E-state index is 12.5. The number of nitrogens with one attached hydrogen (secondary N) is 1. The molecule has 4 aromatic carbocycles. The van der Waals surface area contributed by atoms with Gasteiger partial charge in [-0.1, -0.05) is 72.3 Å². The molecule has 1 N–H and O–H groups in total. The van der Waals surface area contributed by atoms with Gasteiger partial charge in [-0.3, -0.25) is 0 Å². The van der Waals surface area contributed by atoms with Crippen molar-refractivity contribution >= 4 is 21.0 Å². The second-order valence-electron chi connectivity index (χ2n) is 7.64. The maximum atomic E-state index is 12.5. The molecule has 1 aromatic heterocycles. The summed E-state index contributed by atoms with van der Waals surface area (Å²) in [5.74, 6) is 0.479. The van der Waals surface area contributed by atoms with E-state index >= 15 is 0 Å². The van der Waals surface area contributed by atoms with E-state index in [1.54, 1.807) is 36.4 Å². The van der Waals surface area contributed by atoms with Gasteiger partial charge in [0, 0.05) is 22.2 Å². The number of aromatic amines is 1. The van der Waals surface area contributed by atoms with E-state index in [0.29, 0.717) is 5.75 Å². The van der Waals surface area contributed by atoms with Gasteiger partial charge in [-0.2, -0.15) is 8.42 Å². The van der Waals surface area contributed by atoms with E-state index < -0.39 is 10.1 Å². The highest BCUT2D eigenvalue weighted by atomic mass is 32.2. The molecule has 0 radical (unpaired) electrons. The number of H-pyrrole nitrogens is 1. The summed E-state index contributed by atoms with van der Waals surface area (Å²) in [4.78, 5) is 3.43. The average molecular weight is 472 g/mol. The van der Waals surface area contributed by atoms with Crippen molar-refractivity contribution in [3.63, 3.8) is 0 Å². The fourth-order valence-electron chi connectivity index (χ4n) is 3.42. The minimum Gasteiger partial charge on any atom is -0.493 e. The SMILES string of the molecule is COc1cc(-c2cc3ccccc3[nH]2)ccc1OS(=O)(=O)c1ccccc1.Cc1ccccc1. The molecule has 0 aliphatic heterocycles. The summed E-state index contributed by atoms with van der Waals surface area (Å²) in [6, 6.07) is 33.4. The molecule has 6 heteroatoms. The van der Waals surface area contributed by atoms with Crippen LogP contribution in [-0.2, 0) is 10.1 Å². The number of rotatable bonds is 5. The predicted molar refractivity (Wildman–Crippen MR) is 136 cm³/mol. The fraction of sp³-hybridized carbons (Fsp3) is 0.0714. The van der Waals surface area contributed by atoms with Crippen molar-refractivity contribution in [3.8, 4) is 22.8 Å². The molecule has 0 aliphatic carbocycles. The summed E-state index contributed by atoms with van der Waals surface area (Å²) in [6.07, 6.45) is 0. The first kappa shape index (κ1) is 23.1. The Kier molecular flexibility index (Phi) is 6.99.